The summed E-state index contributed by atoms with van der Waals surface area (Å²) < 4.78 is 0. The number of carbonyl (C=O) groups excluding carboxylic acids is 1. The first-order valence-electron chi connectivity index (χ1n) is 8.95. The molecule has 2 aromatic carbocycles. The van der Waals surface area contributed by atoms with Crippen molar-refractivity contribution >= 4 is 5.78 Å². The van der Waals surface area contributed by atoms with Crippen molar-refractivity contribution in [2.45, 2.75) is 38.0 Å². The Hall–Kier alpha value is -2.61. The van der Waals surface area contributed by atoms with Crippen molar-refractivity contribution in [3.05, 3.63) is 87.5 Å². The van der Waals surface area contributed by atoms with Crippen LogP contribution in [0.25, 0.3) is 0 Å². The molecule has 3 aliphatic carbocycles. The molecule has 2 heteroatoms. The lowest BCUT2D eigenvalue weighted by Crippen LogP contribution is -2.34. The molecule has 2 aromatic rings. The van der Waals surface area contributed by atoms with E-state index in [1.54, 1.807) is 6.07 Å². The highest BCUT2D eigenvalue weighted by molar-refractivity contribution is 6.04. The molecule has 1 unspecified atom stereocenters. The van der Waals surface area contributed by atoms with Gasteiger partial charge in [-0.3, -0.25) is 4.79 Å². The Morgan fingerprint density at radius 2 is 1.92 bits per heavy atom. The molecule has 2 nitrogen and oxygen atoms in total. The molecule has 0 fully saturated rings. The molecule has 0 saturated carbocycles. The van der Waals surface area contributed by atoms with Crippen molar-refractivity contribution in [2.75, 3.05) is 0 Å². The maximum absolute atomic E-state index is 13.0. The number of hydrogen-bond acceptors (Lipinski definition) is 2. The number of aromatic hydroxyl groups is 1. The van der Waals surface area contributed by atoms with Gasteiger partial charge in [-0.15, -0.1) is 0 Å². The smallest absolute Gasteiger partial charge is 0.164 e. The Morgan fingerprint density at radius 1 is 1.08 bits per heavy atom. The van der Waals surface area contributed by atoms with Gasteiger partial charge >= 0.3 is 0 Å². The molecular weight excluding hydrogens is 308 g/mol. The van der Waals surface area contributed by atoms with Crippen molar-refractivity contribution in [3.63, 3.8) is 0 Å². The summed E-state index contributed by atoms with van der Waals surface area (Å²) in [6.07, 6.45) is 7.84. The molecule has 5 rings (SSSR count). The molecule has 1 spiro atoms. The summed E-state index contributed by atoms with van der Waals surface area (Å²) in [5, 5.41) is 10.00. The second-order valence-corrected chi connectivity index (χ2v) is 7.52. The number of rotatable bonds is 0. The lowest BCUT2D eigenvalue weighted by Gasteiger charge is -2.41. The minimum absolute atomic E-state index is 0.237. The van der Waals surface area contributed by atoms with E-state index in [0.29, 0.717) is 12.2 Å². The molecule has 0 saturated heterocycles. The zero-order chi connectivity index (χ0) is 17.2. The second-order valence-electron chi connectivity index (χ2n) is 7.52. The third-order valence-electron chi connectivity index (χ3n) is 6.07. The number of hydrogen-bond donors (Lipinski definition) is 1. The number of ketones is 1. The lowest BCUT2D eigenvalue weighted by molar-refractivity contribution is 0.0983. The van der Waals surface area contributed by atoms with Crippen molar-refractivity contribution in [2.24, 2.45) is 0 Å². The molecule has 0 radical (unpaired) electrons. The SMILES string of the molecule is Cc1ccc2c(c1)C(=O)CC21C2=C(C=CCC2)Cc2cc(O)ccc21. The Balaban J connectivity index is 1.87. The summed E-state index contributed by atoms with van der Waals surface area (Å²) in [4.78, 5) is 13.0. The molecular formula is C23H20O2. The molecule has 0 heterocycles. The first-order chi connectivity index (χ1) is 12.1. The van der Waals surface area contributed by atoms with Crippen LogP contribution < -0.4 is 0 Å². The monoisotopic (exact) mass is 328 g/mol. The van der Waals surface area contributed by atoms with E-state index in [0.717, 1.165) is 41.5 Å². The van der Waals surface area contributed by atoms with Gasteiger partial charge < -0.3 is 5.11 Å². The van der Waals surface area contributed by atoms with E-state index in [2.05, 4.69) is 24.3 Å². The minimum atomic E-state index is -0.346. The van der Waals surface area contributed by atoms with E-state index in [4.69, 9.17) is 0 Å². The van der Waals surface area contributed by atoms with Crippen molar-refractivity contribution in [3.8, 4) is 5.75 Å². The number of phenolic OH excluding ortho intramolecular Hbond substituents is 1. The third kappa shape index (κ3) is 1.88. The molecule has 0 amide bonds. The number of Topliss-reactive ketones (excluding diaryl/α,β-unsaturated/α-hetero) is 1. The van der Waals surface area contributed by atoms with Gasteiger partial charge in [0.05, 0.1) is 0 Å². The van der Waals surface area contributed by atoms with E-state index < -0.39 is 0 Å². The van der Waals surface area contributed by atoms with Crippen molar-refractivity contribution < 1.29 is 9.90 Å². The lowest BCUT2D eigenvalue weighted by atomic mass is 9.61. The Labute approximate surface area is 147 Å². The van der Waals surface area contributed by atoms with Gasteiger partial charge in [0.2, 0.25) is 0 Å². The van der Waals surface area contributed by atoms with Gasteiger partial charge in [0, 0.05) is 17.4 Å². The number of benzene rings is 2. The van der Waals surface area contributed by atoms with Gasteiger partial charge in [-0.25, -0.2) is 0 Å². The van der Waals surface area contributed by atoms with E-state index >= 15 is 0 Å². The Kier molecular flexibility index (Phi) is 2.91. The Morgan fingerprint density at radius 3 is 2.80 bits per heavy atom. The largest absolute Gasteiger partial charge is 0.508 e. The number of phenols is 1. The van der Waals surface area contributed by atoms with Crippen molar-refractivity contribution in [1.82, 2.24) is 0 Å². The molecule has 0 aliphatic heterocycles. The Bertz CT molecular complexity index is 993. The van der Waals surface area contributed by atoms with Crippen LogP contribution in [0.5, 0.6) is 5.75 Å². The van der Waals surface area contributed by atoms with Gasteiger partial charge in [0.15, 0.2) is 5.78 Å². The van der Waals surface area contributed by atoms with E-state index in [1.807, 2.05) is 25.1 Å². The van der Waals surface area contributed by atoms with Crippen LogP contribution in [0.3, 0.4) is 0 Å². The molecule has 3 aliphatic rings. The molecule has 1 N–H and O–H groups in total. The quantitative estimate of drug-likeness (QED) is 0.756. The second kappa shape index (κ2) is 4.95. The fraction of sp³-hybridized carbons (Fsp3) is 0.261. The van der Waals surface area contributed by atoms with E-state index in [1.165, 1.54) is 16.7 Å². The summed E-state index contributed by atoms with van der Waals surface area (Å²) >= 11 is 0. The standard InChI is InChI=1S/C23H20O2/c1-14-6-8-21-18(10-14)22(25)13-23(21)19-5-3-2-4-15(19)11-16-12-17(24)7-9-20(16)23/h2,4,6-10,12,24H,3,5,11,13H2,1H3. The highest BCUT2D eigenvalue weighted by Crippen LogP contribution is 2.56. The average molecular weight is 328 g/mol. The highest BCUT2D eigenvalue weighted by atomic mass is 16.3. The summed E-state index contributed by atoms with van der Waals surface area (Å²) in [6.45, 7) is 2.04. The van der Waals surface area contributed by atoms with Crippen LogP contribution in [-0.4, -0.2) is 10.9 Å². The predicted octanol–water partition coefficient (Wildman–Crippen LogP) is 4.78. The number of aryl methyl sites for hydroxylation is 1. The normalized spacial score (nSPS) is 23.6. The fourth-order valence-corrected chi connectivity index (χ4v) is 5.08. The summed E-state index contributed by atoms with van der Waals surface area (Å²) in [6, 6.07) is 12.0. The maximum atomic E-state index is 13.0. The minimum Gasteiger partial charge on any atom is -0.508 e. The van der Waals surface area contributed by atoms with Gasteiger partial charge in [0.25, 0.3) is 0 Å². The maximum Gasteiger partial charge on any atom is 0.164 e. The van der Waals surface area contributed by atoms with Gasteiger partial charge in [-0.1, -0.05) is 41.5 Å². The van der Waals surface area contributed by atoms with Gasteiger partial charge in [-0.2, -0.15) is 0 Å². The number of allylic oxidation sites excluding steroid dienone is 4. The van der Waals surface area contributed by atoms with Crippen LogP contribution in [-0.2, 0) is 11.8 Å². The van der Waals surface area contributed by atoms with Crippen molar-refractivity contribution in [1.29, 1.82) is 0 Å². The topological polar surface area (TPSA) is 37.3 Å². The fourth-order valence-electron chi connectivity index (χ4n) is 5.08. The highest BCUT2D eigenvalue weighted by Gasteiger charge is 2.50. The summed E-state index contributed by atoms with van der Waals surface area (Å²) in [5.41, 5.74) is 7.89. The van der Waals surface area contributed by atoms with Gasteiger partial charge in [0.1, 0.15) is 5.75 Å². The van der Waals surface area contributed by atoms with Crippen LogP contribution in [0.1, 0.15) is 51.9 Å². The van der Waals surface area contributed by atoms with Gasteiger partial charge in [-0.05, 0) is 66.6 Å². The molecule has 124 valence electrons. The predicted molar refractivity (Wildman–Crippen MR) is 98.1 cm³/mol. The molecule has 0 aromatic heterocycles. The third-order valence-corrected chi connectivity index (χ3v) is 6.07. The van der Waals surface area contributed by atoms with Crippen LogP contribution in [0.4, 0.5) is 0 Å². The summed E-state index contributed by atoms with van der Waals surface area (Å²) in [5.74, 6) is 0.534. The van der Waals surface area contributed by atoms with E-state index in [9.17, 15) is 9.90 Å². The number of fused-ring (bicyclic) bond motifs is 5. The zero-order valence-corrected chi connectivity index (χ0v) is 14.3. The zero-order valence-electron chi connectivity index (χ0n) is 14.3. The first kappa shape index (κ1) is 14.7. The molecule has 1 atom stereocenters. The van der Waals surface area contributed by atoms with Crippen LogP contribution in [0.15, 0.2) is 59.7 Å². The number of carbonyl (C=O) groups is 1. The molecule has 25 heavy (non-hydrogen) atoms. The van der Waals surface area contributed by atoms with Crippen LogP contribution >= 0.6 is 0 Å². The van der Waals surface area contributed by atoms with Crippen LogP contribution in [0.2, 0.25) is 0 Å². The average Bonchev–Trinajstić information content (AvgIpc) is 2.88. The first-order valence-corrected chi connectivity index (χ1v) is 8.95. The summed E-state index contributed by atoms with van der Waals surface area (Å²) in [7, 11) is 0. The van der Waals surface area contributed by atoms with E-state index in [-0.39, 0.29) is 11.2 Å². The van der Waals surface area contributed by atoms with Crippen LogP contribution in [0, 0.1) is 6.92 Å². The molecule has 0 bridgehead atoms.